The second kappa shape index (κ2) is 9.06. The molecule has 1 aromatic rings. The zero-order chi connectivity index (χ0) is 15.8. The van der Waals surface area contributed by atoms with E-state index in [0.717, 1.165) is 18.4 Å². The second-order valence-electron chi connectivity index (χ2n) is 6.02. The molecule has 0 fully saturated rings. The summed E-state index contributed by atoms with van der Waals surface area (Å²) in [5, 5.41) is 3.79. The van der Waals surface area contributed by atoms with Gasteiger partial charge in [-0.05, 0) is 48.9 Å². The third-order valence-electron chi connectivity index (χ3n) is 3.61. The largest absolute Gasteiger partial charge is 0.349 e. The van der Waals surface area contributed by atoms with Crippen molar-refractivity contribution >= 4 is 17.5 Å². The van der Waals surface area contributed by atoms with E-state index in [-0.39, 0.29) is 17.9 Å². The van der Waals surface area contributed by atoms with Crippen LogP contribution in [0.4, 0.5) is 0 Å². The maximum absolute atomic E-state index is 12.2. The van der Waals surface area contributed by atoms with Gasteiger partial charge in [-0.25, -0.2) is 0 Å². The Morgan fingerprint density at radius 3 is 2.62 bits per heavy atom. The molecule has 118 valence electrons. The molecule has 1 rings (SSSR count). The first kappa shape index (κ1) is 18.0. The fraction of sp³-hybridized carbons (Fsp3) is 0.588. The molecule has 0 aliphatic rings. The summed E-state index contributed by atoms with van der Waals surface area (Å²) in [6.07, 6.45) is 2.31. The smallest absolute Gasteiger partial charge is 0.220 e. The van der Waals surface area contributed by atoms with Gasteiger partial charge < -0.3 is 11.1 Å². The predicted octanol–water partition coefficient (Wildman–Crippen LogP) is 3.92. The van der Waals surface area contributed by atoms with Gasteiger partial charge in [0.2, 0.25) is 5.91 Å². The first-order valence-corrected chi connectivity index (χ1v) is 8.08. The molecular formula is C17H27ClN2O. The van der Waals surface area contributed by atoms with Gasteiger partial charge in [-0.3, -0.25) is 4.79 Å². The van der Waals surface area contributed by atoms with E-state index >= 15 is 0 Å². The summed E-state index contributed by atoms with van der Waals surface area (Å²) in [7, 11) is 0. The second-order valence-corrected chi connectivity index (χ2v) is 6.46. The lowest BCUT2D eigenvalue weighted by Crippen LogP contribution is -2.31. The maximum Gasteiger partial charge on any atom is 0.220 e. The van der Waals surface area contributed by atoms with E-state index < -0.39 is 0 Å². The van der Waals surface area contributed by atoms with Crippen LogP contribution in [0.3, 0.4) is 0 Å². The van der Waals surface area contributed by atoms with Crippen molar-refractivity contribution in [2.75, 3.05) is 6.54 Å². The van der Waals surface area contributed by atoms with Gasteiger partial charge in [-0.1, -0.05) is 44.5 Å². The molecule has 0 aromatic heterocycles. The number of hydrogen-bond acceptors (Lipinski definition) is 2. The summed E-state index contributed by atoms with van der Waals surface area (Å²) in [5.74, 6) is 0.876. The molecule has 1 unspecified atom stereocenters. The number of carbonyl (C=O) groups excluding carboxylic acids is 1. The molecular weight excluding hydrogens is 284 g/mol. The van der Waals surface area contributed by atoms with Crippen LogP contribution in [-0.2, 0) is 4.79 Å². The van der Waals surface area contributed by atoms with Gasteiger partial charge in [0.1, 0.15) is 0 Å². The molecule has 0 radical (unpaired) electrons. The molecule has 4 heteroatoms. The molecule has 0 heterocycles. The Hall–Kier alpha value is -1.06. The van der Waals surface area contributed by atoms with Crippen LogP contribution in [0.1, 0.15) is 51.6 Å². The minimum atomic E-state index is 0.00803. The van der Waals surface area contributed by atoms with Gasteiger partial charge in [0.05, 0.1) is 6.04 Å². The lowest BCUT2D eigenvalue weighted by Gasteiger charge is -2.21. The van der Waals surface area contributed by atoms with Crippen LogP contribution >= 0.6 is 11.6 Å². The number of nitrogens with two attached hydrogens (primary N) is 1. The first-order chi connectivity index (χ1) is 9.96. The van der Waals surface area contributed by atoms with Crippen LogP contribution in [0.25, 0.3) is 0 Å². The van der Waals surface area contributed by atoms with E-state index in [9.17, 15) is 4.79 Å². The molecule has 0 saturated heterocycles. The van der Waals surface area contributed by atoms with Crippen molar-refractivity contribution in [1.29, 1.82) is 0 Å². The van der Waals surface area contributed by atoms with E-state index in [1.54, 1.807) is 0 Å². The summed E-state index contributed by atoms with van der Waals surface area (Å²) in [6, 6.07) is 7.66. The molecule has 0 spiro atoms. The van der Waals surface area contributed by atoms with Crippen LogP contribution in [0.2, 0.25) is 5.02 Å². The maximum atomic E-state index is 12.2. The Bertz CT molecular complexity index is 448. The van der Waals surface area contributed by atoms with Crippen LogP contribution in [0.5, 0.6) is 0 Å². The number of nitrogens with one attached hydrogen (secondary N) is 1. The third kappa shape index (κ3) is 6.49. The van der Waals surface area contributed by atoms with E-state index in [0.29, 0.717) is 23.9 Å². The van der Waals surface area contributed by atoms with Gasteiger partial charge in [-0.2, -0.15) is 0 Å². The minimum absolute atomic E-state index is 0.00803. The van der Waals surface area contributed by atoms with E-state index in [2.05, 4.69) is 26.1 Å². The Balaban J connectivity index is 2.62. The quantitative estimate of drug-likeness (QED) is 0.764. The topological polar surface area (TPSA) is 55.1 Å². The lowest BCUT2D eigenvalue weighted by atomic mass is 9.93. The highest BCUT2D eigenvalue weighted by Gasteiger charge is 2.17. The van der Waals surface area contributed by atoms with E-state index in [1.807, 2.05) is 24.3 Å². The lowest BCUT2D eigenvalue weighted by molar-refractivity contribution is -0.122. The van der Waals surface area contributed by atoms with Crippen molar-refractivity contribution in [3.63, 3.8) is 0 Å². The Kier molecular flexibility index (Phi) is 7.76. The van der Waals surface area contributed by atoms with Crippen molar-refractivity contribution in [3.05, 3.63) is 34.9 Å². The predicted molar refractivity (Wildman–Crippen MR) is 89.2 cm³/mol. The average molecular weight is 311 g/mol. The summed E-state index contributed by atoms with van der Waals surface area (Å²) in [6.45, 7) is 6.92. The minimum Gasteiger partial charge on any atom is -0.349 e. The van der Waals surface area contributed by atoms with Gasteiger partial charge in [0, 0.05) is 11.4 Å². The number of amides is 1. The molecule has 1 amide bonds. The van der Waals surface area contributed by atoms with Gasteiger partial charge in [0.25, 0.3) is 0 Å². The van der Waals surface area contributed by atoms with Crippen molar-refractivity contribution in [3.8, 4) is 0 Å². The van der Waals surface area contributed by atoms with Crippen LogP contribution in [0, 0.1) is 11.8 Å². The highest BCUT2D eigenvalue weighted by Crippen LogP contribution is 2.21. The van der Waals surface area contributed by atoms with E-state index in [4.69, 9.17) is 17.3 Å². The van der Waals surface area contributed by atoms with Crippen molar-refractivity contribution in [1.82, 2.24) is 5.32 Å². The standard InChI is InChI=1S/C17H27ClN2O/c1-4-16(14-6-5-7-15(18)10-14)20-17(21)9-13(11-19)8-12(2)3/h5-7,10,12-13,16H,4,8-9,11,19H2,1-3H3,(H,20,21)/t13-,16?/m0/s1. The number of carbonyl (C=O) groups is 1. The fourth-order valence-corrected chi connectivity index (χ4v) is 2.79. The van der Waals surface area contributed by atoms with Crippen LogP contribution < -0.4 is 11.1 Å². The Morgan fingerprint density at radius 2 is 2.10 bits per heavy atom. The molecule has 0 bridgehead atoms. The van der Waals surface area contributed by atoms with Crippen LogP contribution in [0.15, 0.2) is 24.3 Å². The number of benzene rings is 1. The summed E-state index contributed by atoms with van der Waals surface area (Å²) in [4.78, 5) is 12.2. The number of halogens is 1. The average Bonchev–Trinajstić information content (AvgIpc) is 2.43. The molecule has 0 aliphatic heterocycles. The Labute approximate surface area is 133 Å². The monoisotopic (exact) mass is 310 g/mol. The van der Waals surface area contributed by atoms with Gasteiger partial charge >= 0.3 is 0 Å². The molecule has 0 saturated carbocycles. The summed E-state index contributed by atoms with van der Waals surface area (Å²) in [5.41, 5.74) is 6.81. The highest BCUT2D eigenvalue weighted by molar-refractivity contribution is 6.30. The molecule has 3 N–H and O–H groups in total. The SMILES string of the molecule is CCC(NC(=O)C[C@@H](CN)CC(C)C)c1cccc(Cl)c1. The fourth-order valence-electron chi connectivity index (χ4n) is 2.59. The van der Waals surface area contributed by atoms with Crippen molar-refractivity contribution in [2.24, 2.45) is 17.6 Å². The Morgan fingerprint density at radius 1 is 1.38 bits per heavy atom. The van der Waals surface area contributed by atoms with E-state index in [1.165, 1.54) is 0 Å². The summed E-state index contributed by atoms with van der Waals surface area (Å²) >= 11 is 6.02. The van der Waals surface area contributed by atoms with Crippen molar-refractivity contribution in [2.45, 2.75) is 46.1 Å². The van der Waals surface area contributed by atoms with Gasteiger partial charge in [-0.15, -0.1) is 0 Å². The zero-order valence-electron chi connectivity index (χ0n) is 13.2. The van der Waals surface area contributed by atoms with Crippen molar-refractivity contribution < 1.29 is 4.79 Å². The molecule has 21 heavy (non-hydrogen) atoms. The molecule has 2 atom stereocenters. The molecule has 3 nitrogen and oxygen atoms in total. The zero-order valence-corrected chi connectivity index (χ0v) is 14.0. The van der Waals surface area contributed by atoms with Crippen LogP contribution in [-0.4, -0.2) is 12.5 Å². The number of rotatable bonds is 8. The molecule has 1 aromatic carbocycles. The highest BCUT2D eigenvalue weighted by atomic mass is 35.5. The molecule has 0 aliphatic carbocycles. The van der Waals surface area contributed by atoms with Gasteiger partial charge in [0.15, 0.2) is 0 Å². The normalized spacial score (nSPS) is 14.0. The first-order valence-electron chi connectivity index (χ1n) is 7.71. The number of hydrogen-bond donors (Lipinski definition) is 2. The third-order valence-corrected chi connectivity index (χ3v) is 3.84. The summed E-state index contributed by atoms with van der Waals surface area (Å²) < 4.78 is 0.